The second-order valence-corrected chi connectivity index (χ2v) is 6.38. The van der Waals surface area contributed by atoms with E-state index in [1.54, 1.807) is 14.2 Å². The van der Waals surface area contributed by atoms with E-state index in [0.717, 1.165) is 24.9 Å². The van der Waals surface area contributed by atoms with Crippen molar-refractivity contribution in [2.45, 2.75) is 39.3 Å². The highest BCUT2D eigenvalue weighted by Gasteiger charge is 2.20. The van der Waals surface area contributed by atoms with Crippen molar-refractivity contribution in [3.8, 4) is 11.5 Å². The first kappa shape index (κ1) is 24.8. The van der Waals surface area contributed by atoms with Crippen molar-refractivity contribution in [2.75, 3.05) is 34.9 Å². The lowest BCUT2D eigenvalue weighted by molar-refractivity contribution is 0.200. The van der Waals surface area contributed by atoms with E-state index in [4.69, 9.17) is 15.2 Å². The maximum Gasteiger partial charge on any atom is 0.188 e. The molecule has 0 aliphatic rings. The maximum atomic E-state index is 6.04. The number of rotatable bonds is 10. The van der Waals surface area contributed by atoms with Gasteiger partial charge >= 0.3 is 0 Å². The van der Waals surface area contributed by atoms with Crippen molar-refractivity contribution < 1.29 is 9.47 Å². The Hall–Kier alpha value is -1.22. The van der Waals surface area contributed by atoms with Crippen LogP contribution >= 0.6 is 24.0 Å². The van der Waals surface area contributed by atoms with Gasteiger partial charge in [0, 0.05) is 12.6 Å². The summed E-state index contributed by atoms with van der Waals surface area (Å²) in [6.45, 7) is 5.76. The summed E-state index contributed by atoms with van der Waals surface area (Å²) in [5.41, 5.74) is 7.06. The second kappa shape index (κ2) is 13.0. The highest BCUT2D eigenvalue weighted by Crippen LogP contribution is 2.27. The van der Waals surface area contributed by atoms with Gasteiger partial charge in [0.05, 0.1) is 20.8 Å². The summed E-state index contributed by atoms with van der Waals surface area (Å²) < 4.78 is 10.6. The molecule has 0 saturated heterocycles. The van der Waals surface area contributed by atoms with Gasteiger partial charge in [-0.1, -0.05) is 32.8 Å². The Balaban J connectivity index is 0.00000625. The summed E-state index contributed by atoms with van der Waals surface area (Å²) in [5, 5.41) is 3.26. The molecule has 1 aromatic carbocycles. The first-order valence-corrected chi connectivity index (χ1v) is 8.87. The third kappa shape index (κ3) is 7.57. The molecule has 0 aliphatic carbocycles. The molecule has 26 heavy (non-hydrogen) atoms. The van der Waals surface area contributed by atoms with Crippen LogP contribution in [0, 0.1) is 5.92 Å². The van der Waals surface area contributed by atoms with Crippen LogP contribution in [-0.4, -0.2) is 51.8 Å². The van der Waals surface area contributed by atoms with E-state index in [0.29, 0.717) is 36.0 Å². The highest BCUT2D eigenvalue weighted by molar-refractivity contribution is 14.0. The molecule has 3 N–H and O–H groups in total. The molecule has 0 heterocycles. The molecule has 0 spiro atoms. The summed E-state index contributed by atoms with van der Waals surface area (Å²) in [4.78, 5) is 6.69. The van der Waals surface area contributed by atoms with Crippen LogP contribution in [0.1, 0.15) is 32.3 Å². The smallest absolute Gasteiger partial charge is 0.188 e. The van der Waals surface area contributed by atoms with Crippen LogP contribution in [0.5, 0.6) is 11.5 Å². The number of hydrogen-bond acceptors (Lipinski definition) is 4. The summed E-state index contributed by atoms with van der Waals surface area (Å²) >= 11 is 0. The van der Waals surface area contributed by atoms with Gasteiger partial charge in [-0.3, -0.25) is 0 Å². The van der Waals surface area contributed by atoms with Gasteiger partial charge in [-0.05, 0) is 37.7 Å². The van der Waals surface area contributed by atoms with E-state index in [1.165, 1.54) is 0 Å². The summed E-state index contributed by atoms with van der Waals surface area (Å²) in [5.74, 6) is 2.51. The largest absolute Gasteiger partial charge is 0.493 e. The standard InChI is InChI=1S/C19H34N4O2.HI/c1-7-15(8-2)16(23(3)4)13-22-19(20)21-12-14-9-10-17(24-5)18(11-14)25-6;/h9-11,15-16H,7-8,12-13H2,1-6H3,(H3,20,21,22);1H. The van der Waals surface area contributed by atoms with E-state index in [2.05, 4.69) is 43.2 Å². The molecule has 1 aromatic rings. The number of nitrogens with one attached hydrogen (secondary N) is 1. The Labute approximate surface area is 175 Å². The van der Waals surface area contributed by atoms with E-state index in [-0.39, 0.29) is 24.0 Å². The Kier molecular flexibility index (Phi) is 12.4. The van der Waals surface area contributed by atoms with Gasteiger partial charge in [0.15, 0.2) is 17.5 Å². The highest BCUT2D eigenvalue weighted by atomic mass is 127. The van der Waals surface area contributed by atoms with Gasteiger partial charge in [0.1, 0.15) is 0 Å². The van der Waals surface area contributed by atoms with Gasteiger partial charge in [0.2, 0.25) is 0 Å². The summed E-state index contributed by atoms with van der Waals surface area (Å²) in [6.07, 6.45) is 2.31. The molecule has 0 radical (unpaired) electrons. The van der Waals surface area contributed by atoms with E-state index in [1.807, 2.05) is 18.2 Å². The molecule has 0 bridgehead atoms. The summed E-state index contributed by atoms with van der Waals surface area (Å²) in [6, 6.07) is 6.19. The normalized spacial score (nSPS) is 12.7. The predicted octanol–water partition coefficient (Wildman–Crippen LogP) is 3.09. The van der Waals surface area contributed by atoms with Crippen molar-refractivity contribution in [1.29, 1.82) is 0 Å². The van der Waals surface area contributed by atoms with Gasteiger partial charge < -0.3 is 25.4 Å². The number of nitrogens with zero attached hydrogens (tertiary/aromatic N) is 2. The molecule has 7 heteroatoms. The molecule has 0 amide bonds. The van der Waals surface area contributed by atoms with Gasteiger partial charge in [-0.15, -0.1) is 24.0 Å². The number of nitrogens with two attached hydrogens (primary N) is 1. The van der Waals surface area contributed by atoms with E-state index < -0.39 is 0 Å². The van der Waals surface area contributed by atoms with Crippen LogP contribution in [0.3, 0.4) is 0 Å². The fraction of sp³-hybridized carbons (Fsp3) is 0.632. The molecule has 1 rings (SSSR count). The fourth-order valence-corrected chi connectivity index (χ4v) is 3.02. The molecule has 1 unspecified atom stereocenters. The zero-order chi connectivity index (χ0) is 18.8. The zero-order valence-electron chi connectivity index (χ0n) is 16.9. The van der Waals surface area contributed by atoms with Crippen molar-refractivity contribution in [3.05, 3.63) is 23.8 Å². The average molecular weight is 478 g/mol. The lowest BCUT2D eigenvalue weighted by Gasteiger charge is -2.31. The minimum absolute atomic E-state index is 0. The van der Waals surface area contributed by atoms with E-state index in [9.17, 15) is 0 Å². The Bertz CT molecular complexity index is 548. The van der Waals surface area contributed by atoms with Crippen molar-refractivity contribution in [3.63, 3.8) is 0 Å². The fourth-order valence-electron chi connectivity index (χ4n) is 3.02. The average Bonchev–Trinajstić information content (AvgIpc) is 2.62. The first-order chi connectivity index (χ1) is 12.0. The van der Waals surface area contributed by atoms with Crippen LogP contribution in [0.2, 0.25) is 0 Å². The minimum Gasteiger partial charge on any atom is -0.493 e. The van der Waals surface area contributed by atoms with Crippen LogP contribution in [-0.2, 0) is 6.54 Å². The molecular formula is C19H35IN4O2. The molecular weight excluding hydrogens is 443 g/mol. The second-order valence-electron chi connectivity index (χ2n) is 6.38. The zero-order valence-corrected chi connectivity index (χ0v) is 19.2. The van der Waals surface area contributed by atoms with Crippen LogP contribution in [0.15, 0.2) is 23.2 Å². The molecule has 0 aromatic heterocycles. The molecule has 0 saturated carbocycles. The third-order valence-electron chi connectivity index (χ3n) is 4.63. The Morgan fingerprint density at radius 2 is 1.77 bits per heavy atom. The number of hydrogen-bond donors (Lipinski definition) is 2. The molecule has 150 valence electrons. The molecule has 0 aliphatic heterocycles. The first-order valence-electron chi connectivity index (χ1n) is 8.87. The molecule has 6 nitrogen and oxygen atoms in total. The maximum absolute atomic E-state index is 6.04. The van der Waals surface area contributed by atoms with Crippen LogP contribution in [0.4, 0.5) is 0 Å². The topological polar surface area (TPSA) is 72.1 Å². The lowest BCUT2D eigenvalue weighted by atomic mass is 9.93. The molecule has 1 atom stereocenters. The third-order valence-corrected chi connectivity index (χ3v) is 4.63. The monoisotopic (exact) mass is 478 g/mol. The van der Waals surface area contributed by atoms with Crippen molar-refractivity contribution in [1.82, 2.24) is 10.2 Å². The summed E-state index contributed by atoms with van der Waals surface area (Å²) in [7, 11) is 7.47. The number of aliphatic imine (C=N–C) groups is 1. The Morgan fingerprint density at radius 1 is 1.15 bits per heavy atom. The SMILES string of the molecule is CCC(CC)C(CNC(N)=NCc1ccc(OC)c(OC)c1)N(C)C.I. The molecule has 0 fully saturated rings. The van der Waals surface area contributed by atoms with Crippen molar-refractivity contribution >= 4 is 29.9 Å². The van der Waals surface area contributed by atoms with Crippen LogP contribution in [0.25, 0.3) is 0 Å². The lowest BCUT2D eigenvalue weighted by Crippen LogP contribution is -2.46. The number of guanidine groups is 1. The number of halogens is 1. The van der Waals surface area contributed by atoms with Gasteiger partial charge in [-0.2, -0.15) is 0 Å². The number of benzene rings is 1. The Morgan fingerprint density at radius 3 is 2.27 bits per heavy atom. The van der Waals surface area contributed by atoms with Crippen molar-refractivity contribution in [2.24, 2.45) is 16.6 Å². The quantitative estimate of drug-likeness (QED) is 0.307. The van der Waals surface area contributed by atoms with Gasteiger partial charge in [-0.25, -0.2) is 4.99 Å². The number of likely N-dealkylation sites (N-methyl/N-ethyl adjacent to an activating group) is 1. The van der Waals surface area contributed by atoms with Crippen LogP contribution < -0.4 is 20.5 Å². The minimum atomic E-state index is 0. The van der Waals surface area contributed by atoms with Gasteiger partial charge in [0.25, 0.3) is 0 Å². The number of ether oxygens (including phenoxy) is 2. The van der Waals surface area contributed by atoms with E-state index >= 15 is 0 Å². The predicted molar refractivity (Wildman–Crippen MR) is 120 cm³/mol. The number of methoxy groups -OCH3 is 2.